The summed E-state index contributed by atoms with van der Waals surface area (Å²) in [5, 5.41) is 14.8. The molecule has 3 heteroatoms. The van der Waals surface area contributed by atoms with E-state index in [0.29, 0.717) is 0 Å². The Morgan fingerprint density at radius 3 is 2.94 bits per heavy atom. The quantitative estimate of drug-likeness (QED) is 0.776. The zero-order chi connectivity index (χ0) is 12.1. The Balaban J connectivity index is 2.03. The van der Waals surface area contributed by atoms with Crippen molar-refractivity contribution in [1.29, 1.82) is 0 Å². The van der Waals surface area contributed by atoms with E-state index in [1.54, 1.807) is 0 Å². The van der Waals surface area contributed by atoms with Crippen LogP contribution in [0.2, 0.25) is 0 Å². The first-order chi connectivity index (χ1) is 8.27. The summed E-state index contributed by atoms with van der Waals surface area (Å²) >= 11 is 0. The first-order valence-corrected chi connectivity index (χ1v) is 6.03. The first-order valence-electron chi connectivity index (χ1n) is 6.03. The van der Waals surface area contributed by atoms with Crippen molar-refractivity contribution in [2.45, 2.75) is 25.9 Å². The molecule has 90 valence electrons. The fraction of sp³-hybridized carbons (Fsp3) is 0.357. The maximum atomic E-state index is 9.18. The molecule has 0 saturated heterocycles. The van der Waals surface area contributed by atoms with Crippen LogP contribution in [0.5, 0.6) is 0 Å². The lowest BCUT2D eigenvalue weighted by Gasteiger charge is -2.09. The molecule has 2 rings (SSSR count). The highest BCUT2D eigenvalue weighted by molar-refractivity contribution is 5.91. The summed E-state index contributed by atoms with van der Waals surface area (Å²) in [6.45, 7) is 2.65. The molecule has 0 bridgehead atoms. The molecule has 17 heavy (non-hydrogen) atoms. The van der Waals surface area contributed by atoms with E-state index >= 15 is 0 Å². The van der Waals surface area contributed by atoms with Gasteiger partial charge in [-0.25, -0.2) is 4.98 Å². The van der Waals surface area contributed by atoms with Crippen LogP contribution in [0.4, 0.5) is 5.82 Å². The van der Waals surface area contributed by atoms with Crippen molar-refractivity contribution in [2.75, 3.05) is 11.9 Å². The third-order valence-corrected chi connectivity index (χ3v) is 2.76. The molecule has 1 aromatic heterocycles. The normalized spacial score (nSPS) is 12.6. The van der Waals surface area contributed by atoms with Crippen LogP contribution >= 0.6 is 0 Å². The Morgan fingerprint density at radius 1 is 1.29 bits per heavy atom. The molecule has 0 aliphatic rings. The molecule has 1 heterocycles. The Bertz CT molecular complexity index is 477. The molecule has 0 fully saturated rings. The van der Waals surface area contributed by atoms with Crippen LogP contribution in [0.1, 0.15) is 19.8 Å². The largest absolute Gasteiger partial charge is 0.393 e. The summed E-state index contributed by atoms with van der Waals surface area (Å²) < 4.78 is 0. The van der Waals surface area contributed by atoms with E-state index in [4.69, 9.17) is 0 Å². The summed E-state index contributed by atoms with van der Waals surface area (Å²) in [5.41, 5.74) is 0. The van der Waals surface area contributed by atoms with Gasteiger partial charge in [0.25, 0.3) is 0 Å². The van der Waals surface area contributed by atoms with Gasteiger partial charge >= 0.3 is 0 Å². The van der Waals surface area contributed by atoms with E-state index in [1.807, 2.05) is 31.3 Å². The molecule has 0 radical (unpaired) electrons. The highest BCUT2D eigenvalue weighted by Gasteiger charge is 2.01. The summed E-state index contributed by atoms with van der Waals surface area (Å²) in [6.07, 6.45) is 3.36. The van der Waals surface area contributed by atoms with Crippen LogP contribution in [-0.4, -0.2) is 22.7 Å². The number of aliphatic hydroxyl groups excluding tert-OH is 1. The topological polar surface area (TPSA) is 45.1 Å². The molecule has 0 saturated carbocycles. The minimum absolute atomic E-state index is 0.225. The lowest BCUT2D eigenvalue weighted by molar-refractivity contribution is 0.183. The van der Waals surface area contributed by atoms with Crippen molar-refractivity contribution in [2.24, 2.45) is 0 Å². The molecule has 2 N–H and O–H groups in total. The smallest absolute Gasteiger partial charge is 0.133 e. The van der Waals surface area contributed by atoms with Crippen molar-refractivity contribution in [3.63, 3.8) is 0 Å². The number of aliphatic hydroxyl groups is 1. The zero-order valence-electron chi connectivity index (χ0n) is 10.1. The van der Waals surface area contributed by atoms with Gasteiger partial charge in [-0.1, -0.05) is 24.3 Å². The number of hydrogen-bond donors (Lipinski definition) is 2. The second-order valence-electron chi connectivity index (χ2n) is 4.30. The van der Waals surface area contributed by atoms with Gasteiger partial charge < -0.3 is 10.4 Å². The number of benzene rings is 1. The van der Waals surface area contributed by atoms with Gasteiger partial charge in [0.15, 0.2) is 0 Å². The van der Waals surface area contributed by atoms with E-state index < -0.39 is 0 Å². The third kappa shape index (κ3) is 3.17. The number of anilines is 1. The molecular formula is C14H18N2O. The summed E-state index contributed by atoms with van der Waals surface area (Å²) in [5.74, 6) is 0.925. The van der Waals surface area contributed by atoms with Crippen molar-refractivity contribution in [3.05, 3.63) is 36.5 Å². The highest BCUT2D eigenvalue weighted by Crippen LogP contribution is 2.20. The molecule has 0 spiro atoms. The van der Waals surface area contributed by atoms with Gasteiger partial charge in [-0.2, -0.15) is 0 Å². The first kappa shape index (κ1) is 11.9. The van der Waals surface area contributed by atoms with Gasteiger partial charge in [0.2, 0.25) is 0 Å². The average Bonchev–Trinajstić information content (AvgIpc) is 2.34. The Kier molecular flexibility index (Phi) is 3.94. The number of aromatic nitrogens is 1. The second-order valence-corrected chi connectivity index (χ2v) is 4.30. The van der Waals surface area contributed by atoms with Crippen molar-refractivity contribution < 1.29 is 5.11 Å². The summed E-state index contributed by atoms with van der Waals surface area (Å²) in [6, 6.07) is 10.2. The average molecular weight is 230 g/mol. The highest BCUT2D eigenvalue weighted by atomic mass is 16.3. The van der Waals surface area contributed by atoms with Crippen molar-refractivity contribution in [3.8, 4) is 0 Å². The lowest BCUT2D eigenvalue weighted by Crippen LogP contribution is -2.07. The van der Waals surface area contributed by atoms with Gasteiger partial charge in [0, 0.05) is 18.1 Å². The maximum absolute atomic E-state index is 9.18. The molecule has 0 aliphatic heterocycles. The number of fused-ring (bicyclic) bond motifs is 1. The monoisotopic (exact) mass is 230 g/mol. The third-order valence-electron chi connectivity index (χ3n) is 2.76. The maximum Gasteiger partial charge on any atom is 0.133 e. The lowest BCUT2D eigenvalue weighted by atomic mass is 10.1. The number of rotatable bonds is 5. The molecule has 1 atom stereocenters. The van der Waals surface area contributed by atoms with Gasteiger partial charge in [-0.05, 0) is 31.2 Å². The van der Waals surface area contributed by atoms with E-state index in [0.717, 1.165) is 30.6 Å². The minimum atomic E-state index is -0.225. The van der Waals surface area contributed by atoms with E-state index in [-0.39, 0.29) is 6.10 Å². The predicted molar refractivity (Wildman–Crippen MR) is 71.1 cm³/mol. The molecule has 2 aromatic rings. The van der Waals surface area contributed by atoms with Crippen molar-refractivity contribution >= 4 is 16.6 Å². The summed E-state index contributed by atoms with van der Waals surface area (Å²) in [7, 11) is 0. The second kappa shape index (κ2) is 5.64. The van der Waals surface area contributed by atoms with Crippen LogP contribution in [-0.2, 0) is 0 Å². The predicted octanol–water partition coefficient (Wildman–Crippen LogP) is 2.81. The Hall–Kier alpha value is -1.61. The van der Waals surface area contributed by atoms with Crippen LogP contribution in [0.15, 0.2) is 36.5 Å². The van der Waals surface area contributed by atoms with Crippen LogP contribution in [0.3, 0.4) is 0 Å². The summed E-state index contributed by atoms with van der Waals surface area (Å²) in [4.78, 5) is 4.35. The van der Waals surface area contributed by atoms with E-state index in [2.05, 4.69) is 22.4 Å². The minimum Gasteiger partial charge on any atom is -0.393 e. The van der Waals surface area contributed by atoms with Crippen LogP contribution in [0.25, 0.3) is 10.8 Å². The molecule has 0 aliphatic carbocycles. The standard InChI is InChI=1S/C14H18N2O/c1-11(17)5-4-9-15-14-13-7-3-2-6-12(13)8-10-16-14/h2-3,6-8,10-11,17H,4-5,9H2,1H3,(H,15,16). The fourth-order valence-corrected chi connectivity index (χ4v) is 1.86. The fourth-order valence-electron chi connectivity index (χ4n) is 1.86. The molecule has 1 unspecified atom stereocenters. The molecule has 3 nitrogen and oxygen atoms in total. The van der Waals surface area contributed by atoms with E-state index in [9.17, 15) is 5.11 Å². The van der Waals surface area contributed by atoms with E-state index in [1.165, 1.54) is 5.39 Å². The van der Waals surface area contributed by atoms with Gasteiger partial charge in [0.05, 0.1) is 6.10 Å². The van der Waals surface area contributed by atoms with Crippen molar-refractivity contribution in [1.82, 2.24) is 4.98 Å². The number of hydrogen-bond acceptors (Lipinski definition) is 3. The molecule has 1 aromatic carbocycles. The van der Waals surface area contributed by atoms with Gasteiger partial charge in [-0.3, -0.25) is 0 Å². The molecule has 0 amide bonds. The van der Waals surface area contributed by atoms with Gasteiger partial charge in [-0.15, -0.1) is 0 Å². The van der Waals surface area contributed by atoms with Gasteiger partial charge in [0.1, 0.15) is 5.82 Å². The Morgan fingerprint density at radius 2 is 2.12 bits per heavy atom. The zero-order valence-corrected chi connectivity index (χ0v) is 10.1. The van der Waals surface area contributed by atoms with Crippen LogP contribution in [0, 0.1) is 0 Å². The Labute approximate surface area is 102 Å². The number of pyridine rings is 1. The molecular weight excluding hydrogens is 212 g/mol. The number of nitrogens with zero attached hydrogens (tertiary/aromatic N) is 1. The number of nitrogens with one attached hydrogen (secondary N) is 1. The SMILES string of the molecule is CC(O)CCCNc1nccc2ccccc12. The van der Waals surface area contributed by atoms with Crippen LogP contribution < -0.4 is 5.32 Å².